The molecule has 0 fully saturated rings. The summed E-state index contributed by atoms with van der Waals surface area (Å²) in [6, 6.07) is 1.34. The predicted octanol–water partition coefficient (Wildman–Crippen LogP) is 0.0816. The minimum Gasteiger partial charge on any atom is -0.480 e. The van der Waals surface area contributed by atoms with Crippen molar-refractivity contribution in [3.05, 3.63) is 17.8 Å². The van der Waals surface area contributed by atoms with E-state index in [9.17, 15) is 13.2 Å². The molecule has 8 nitrogen and oxygen atoms in total. The van der Waals surface area contributed by atoms with E-state index in [-0.39, 0.29) is 10.8 Å². The summed E-state index contributed by atoms with van der Waals surface area (Å²) in [7, 11) is -2.80. The van der Waals surface area contributed by atoms with Crippen molar-refractivity contribution < 1.29 is 27.9 Å². The molecule has 0 aliphatic carbocycles. The Balaban J connectivity index is 3.00. The first kappa shape index (κ1) is 15.3. The Kier molecular flexibility index (Phi) is 4.81. The van der Waals surface area contributed by atoms with Crippen LogP contribution in [-0.2, 0) is 19.7 Å². The van der Waals surface area contributed by atoms with Gasteiger partial charge in [0.1, 0.15) is 4.90 Å². The molecule has 0 bridgehead atoms. The quantitative estimate of drug-likeness (QED) is 0.713. The number of carboxylic acid groups (broad SMARTS) is 1. The van der Waals surface area contributed by atoms with Crippen molar-refractivity contribution in [2.24, 2.45) is 0 Å². The van der Waals surface area contributed by atoms with Gasteiger partial charge in [-0.25, -0.2) is 18.2 Å². The van der Waals surface area contributed by atoms with Gasteiger partial charge in [0.05, 0.1) is 7.11 Å². The van der Waals surface area contributed by atoms with Crippen molar-refractivity contribution in [1.29, 1.82) is 0 Å². The average molecular weight is 290 g/mol. The number of aliphatic carboxylic acids is 1. The van der Waals surface area contributed by atoms with E-state index >= 15 is 0 Å². The molecule has 19 heavy (non-hydrogen) atoms. The topological polar surface area (TPSA) is 115 Å². The van der Waals surface area contributed by atoms with Gasteiger partial charge in [0.15, 0.2) is 6.10 Å². The Morgan fingerprint density at radius 1 is 1.53 bits per heavy atom. The number of ether oxygens (including phenoxy) is 1. The maximum Gasteiger partial charge on any atom is 0.334 e. The van der Waals surface area contributed by atoms with Crippen LogP contribution in [0.5, 0.6) is 5.88 Å². The van der Waals surface area contributed by atoms with Gasteiger partial charge in [-0.2, -0.15) is 0 Å². The molecule has 1 aromatic rings. The Morgan fingerprint density at radius 2 is 2.16 bits per heavy atom. The third-order valence-electron chi connectivity index (χ3n) is 2.12. The van der Waals surface area contributed by atoms with Gasteiger partial charge < -0.3 is 9.84 Å². The summed E-state index contributed by atoms with van der Waals surface area (Å²) in [4.78, 5) is 20.4. The maximum atomic E-state index is 11.9. The molecule has 106 valence electrons. The summed E-state index contributed by atoms with van der Waals surface area (Å²) in [6.07, 6.45) is 0.122. The third kappa shape index (κ3) is 3.88. The van der Waals surface area contributed by atoms with Crippen molar-refractivity contribution in [2.75, 3.05) is 7.11 Å². The van der Waals surface area contributed by atoms with E-state index in [1.165, 1.54) is 26.3 Å². The van der Waals surface area contributed by atoms with Gasteiger partial charge in [-0.05, 0) is 25.5 Å². The number of nitrogens with zero attached hydrogens (tertiary/aromatic N) is 1. The molecule has 0 saturated carbocycles. The van der Waals surface area contributed by atoms with Crippen LogP contribution < -0.4 is 9.62 Å². The van der Waals surface area contributed by atoms with Crippen molar-refractivity contribution in [3.8, 4) is 5.88 Å². The first-order chi connectivity index (χ1) is 8.77. The lowest BCUT2D eigenvalue weighted by Crippen LogP contribution is -2.32. The van der Waals surface area contributed by atoms with E-state index in [0.717, 1.165) is 0 Å². The first-order valence-electron chi connectivity index (χ1n) is 5.19. The minimum absolute atomic E-state index is 0.107. The van der Waals surface area contributed by atoms with Crippen LogP contribution in [0.2, 0.25) is 0 Å². The lowest BCUT2D eigenvalue weighted by molar-refractivity contribution is -0.151. The van der Waals surface area contributed by atoms with Gasteiger partial charge in [-0.15, -0.1) is 0 Å². The molecule has 1 atom stereocenters. The number of carboxylic acids is 1. The molecule has 0 aliphatic rings. The summed E-state index contributed by atoms with van der Waals surface area (Å²) >= 11 is 0. The lowest BCUT2D eigenvalue weighted by Gasteiger charge is -2.12. The second-order valence-corrected chi connectivity index (χ2v) is 5.32. The molecule has 2 N–H and O–H groups in total. The second kappa shape index (κ2) is 5.95. The lowest BCUT2D eigenvalue weighted by atomic mass is 10.3. The monoisotopic (exact) mass is 290 g/mol. The van der Waals surface area contributed by atoms with Crippen molar-refractivity contribution in [2.45, 2.75) is 24.8 Å². The molecule has 9 heteroatoms. The molecule has 1 rings (SSSR count). The molecular formula is C10H14N2O6S. The number of carbonyl (C=O) groups is 1. The largest absolute Gasteiger partial charge is 0.480 e. The van der Waals surface area contributed by atoms with Crippen molar-refractivity contribution >= 4 is 16.0 Å². The Morgan fingerprint density at radius 3 is 2.68 bits per heavy atom. The van der Waals surface area contributed by atoms with Crippen LogP contribution in [-0.4, -0.2) is 37.7 Å². The molecule has 0 saturated heterocycles. The van der Waals surface area contributed by atoms with Crippen LogP contribution in [0.25, 0.3) is 0 Å². The number of sulfonamides is 1. The van der Waals surface area contributed by atoms with Crippen LogP contribution >= 0.6 is 0 Å². The molecule has 1 aromatic heterocycles. The highest BCUT2D eigenvalue weighted by molar-refractivity contribution is 7.89. The number of rotatable bonds is 6. The van der Waals surface area contributed by atoms with E-state index < -0.39 is 22.1 Å². The molecule has 0 aliphatic heterocycles. The minimum atomic E-state index is -4.08. The van der Waals surface area contributed by atoms with Crippen molar-refractivity contribution in [1.82, 2.24) is 9.87 Å². The van der Waals surface area contributed by atoms with E-state index in [0.29, 0.717) is 5.56 Å². The van der Waals surface area contributed by atoms with Gasteiger partial charge >= 0.3 is 5.97 Å². The first-order valence-corrected chi connectivity index (χ1v) is 6.67. The predicted molar refractivity (Wildman–Crippen MR) is 64.0 cm³/mol. The van der Waals surface area contributed by atoms with Gasteiger partial charge in [-0.3, -0.25) is 4.84 Å². The zero-order valence-corrected chi connectivity index (χ0v) is 11.4. The van der Waals surface area contributed by atoms with Crippen molar-refractivity contribution in [3.63, 3.8) is 0 Å². The molecule has 1 unspecified atom stereocenters. The maximum absolute atomic E-state index is 11.9. The zero-order valence-electron chi connectivity index (χ0n) is 10.6. The van der Waals surface area contributed by atoms with Gasteiger partial charge in [0.25, 0.3) is 10.0 Å². The number of methoxy groups -OCH3 is 1. The van der Waals surface area contributed by atoms with E-state index in [4.69, 9.17) is 9.84 Å². The highest BCUT2D eigenvalue weighted by Gasteiger charge is 2.23. The van der Waals surface area contributed by atoms with E-state index in [2.05, 4.69) is 9.82 Å². The van der Waals surface area contributed by atoms with Crippen LogP contribution in [0, 0.1) is 6.92 Å². The molecule has 0 amide bonds. The van der Waals surface area contributed by atoms with Crippen LogP contribution in [0.15, 0.2) is 17.2 Å². The van der Waals surface area contributed by atoms with Crippen LogP contribution in [0.3, 0.4) is 0 Å². The summed E-state index contributed by atoms with van der Waals surface area (Å²) in [5.41, 5.74) is 0.604. The van der Waals surface area contributed by atoms with E-state index in [1.54, 1.807) is 11.8 Å². The number of aromatic nitrogens is 1. The van der Waals surface area contributed by atoms with Crippen LogP contribution in [0.1, 0.15) is 12.5 Å². The smallest absolute Gasteiger partial charge is 0.334 e. The number of hydrogen-bond acceptors (Lipinski definition) is 6. The number of aryl methyl sites for hydroxylation is 1. The molecule has 0 spiro atoms. The highest BCUT2D eigenvalue weighted by atomic mass is 32.2. The Bertz CT molecular complexity index is 571. The summed E-state index contributed by atoms with van der Waals surface area (Å²) in [5.74, 6) is -1.40. The van der Waals surface area contributed by atoms with Gasteiger partial charge in [0, 0.05) is 6.20 Å². The van der Waals surface area contributed by atoms with Gasteiger partial charge in [0.2, 0.25) is 5.88 Å². The fraction of sp³-hybridized carbons (Fsp3) is 0.400. The summed E-state index contributed by atoms with van der Waals surface area (Å²) < 4.78 is 28.7. The third-order valence-corrected chi connectivity index (χ3v) is 3.31. The number of pyridine rings is 1. The molecule has 1 heterocycles. The Labute approximate surface area is 110 Å². The Hall–Kier alpha value is -1.71. The fourth-order valence-electron chi connectivity index (χ4n) is 1.11. The van der Waals surface area contributed by atoms with Crippen LogP contribution in [0.4, 0.5) is 0 Å². The summed E-state index contributed by atoms with van der Waals surface area (Å²) in [6.45, 7) is 2.85. The summed E-state index contributed by atoms with van der Waals surface area (Å²) in [5, 5.41) is 8.60. The highest BCUT2D eigenvalue weighted by Crippen LogP contribution is 2.21. The fourth-order valence-corrected chi connectivity index (χ4v) is 2.17. The molecule has 0 radical (unpaired) electrons. The second-order valence-electron chi connectivity index (χ2n) is 3.71. The number of nitrogens with one attached hydrogen (secondary N) is 1. The van der Waals surface area contributed by atoms with E-state index in [1.807, 2.05) is 0 Å². The number of hydrogen-bond donors (Lipinski definition) is 2. The van der Waals surface area contributed by atoms with Gasteiger partial charge in [-0.1, -0.05) is 4.89 Å². The zero-order chi connectivity index (χ0) is 14.6. The standard InChI is InChI=1S/C10H14N2O6S/c1-6-4-8(9(17-3)11-5-6)19(15,16)12-18-7(2)10(13)14/h4-5,7,12H,1-3H3,(H,13,14). The normalized spacial score (nSPS) is 13.0. The average Bonchev–Trinajstić information content (AvgIpc) is 2.35. The molecular weight excluding hydrogens is 276 g/mol. The SMILES string of the molecule is COc1ncc(C)cc1S(=O)(=O)NOC(C)C(=O)O. The molecule has 0 aromatic carbocycles.